The van der Waals surface area contributed by atoms with E-state index in [1.165, 1.54) is 0 Å². The van der Waals surface area contributed by atoms with E-state index in [2.05, 4.69) is 0 Å². The smallest absolute Gasteiger partial charge is 0.234 e. The molecule has 2 unspecified atom stereocenters. The first-order valence-electron chi connectivity index (χ1n) is 4.94. The molecule has 1 rings (SSSR count). The Kier molecular flexibility index (Phi) is 3.75. The summed E-state index contributed by atoms with van der Waals surface area (Å²) < 4.78 is 190. The Hall–Kier alpha value is -1.05. The third-order valence-corrected chi connectivity index (χ3v) is 3.13. The summed E-state index contributed by atoms with van der Waals surface area (Å²) >= 11 is 0. The van der Waals surface area contributed by atoms with Gasteiger partial charge in [-0.15, -0.1) is 0 Å². The molecule has 2 atom stereocenters. The molecule has 1 fully saturated rings. The van der Waals surface area contributed by atoms with Crippen molar-refractivity contribution in [2.75, 3.05) is 0 Å². The van der Waals surface area contributed by atoms with Crippen molar-refractivity contribution in [3.05, 3.63) is 0 Å². The van der Waals surface area contributed by atoms with Crippen LogP contribution in [0.3, 0.4) is 0 Å². The molecule has 0 amide bonds. The van der Waals surface area contributed by atoms with Crippen molar-refractivity contribution in [1.82, 2.24) is 0 Å². The number of rotatable bonds is 1. The van der Waals surface area contributed by atoms with Gasteiger partial charge in [0.1, 0.15) is 0 Å². The third kappa shape index (κ3) is 1.78. The second kappa shape index (κ2) is 4.32. The van der Waals surface area contributed by atoms with Crippen LogP contribution in [0.2, 0.25) is 0 Å². The van der Waals surface area contributed by atoms with E-state index in [4.69, 9.17) is 0 Å². The lowest BCUT2D eigenvalue weighted by Crippen LogP contribution is -2.85. The lowest BCUT2D eigenvalue weighted by atomic mass is 9.70. The molecule has 0 nitrogen and oxygen atoms in total. The fourth-order valence-electron chi connectivity index (χ4n) is 1.80. The molecular weight excluding hydrogens is 381 g/mol. The summed E-state index contributed by atoms with van der Waals surface area (Å²) in [6.45, 7) is 0. The van der Waals surface area contributed by atoms with E-state index >= 15 is 0 Å². The van der Waals surface area contributed by atoms with Gasteiger partial charge in [0.25, 0.3) is 0 Å². The normalized spacial score (nSPS) is 35.9. The number of hydrogen-bond donors (Lipinski definition) is 0. The molecule has 1 aliphatic rings. The number of halogens is 15. The second-order valence-electron chi connectivity index (χ2n) is 4.49. The van der Waals surface area contributed by atoms with E-state index in [0.29, 0.717) is 0 Å². The van der Waals surface area contributed by atoms with Gasteiger partial charge in [-0.25, -0.2) is 8.78 Å². The number of hydrogen-bond acceptors (Lipinski definition) is 0. The standard InChI is InChI=1S/C8HF15/c9-1-2(10,11)4(14,7(19,20)8(21,22)23)6(17,18)5(15,16)3(1,12)13/h1H. The summed E-state index contributed by atoms with van der Waals surface area (Å²) in [6.07, 6.45) is -13.8. The van der Waals surface area contributed by atoms with Gasteiger partial charge in [-0.3, -0.25) is 0 Å². The molecule has 0 heterocycles. The Bertz CT molecular complexity index is 486. The monoisotopic (exact) mass is 382 g/mol. The summed E-state index contributed by atoms with van der Waals surface area (Å²) in [6, 6.07) is 0. The Morgan fingerprint density at radius 3 is 1.22 bits per heavy atom. The van der Waals surface area contributed by atoms with Gasteiger partial charge in [0.15, 0.2) is 0 Å². The van der Waals surface area contributed by atoms with E-state index in [9.17, 15) is 65.9 Å². The highest BCUT2D eigenvalue weighted by Gasteiger charge is 3.02. The van der Waals surface area contributed by atoms with Gasteiger partial charge in [0, 0.05) is 0 Å². The second-order valence-corrected chi connectivity index (χ2v) is 4.49. The fraction of sp³-hybridized carbons (Fsp3) is 1.00. The molecule has 0 saturated heterocycles. The van der Waals surface area contributed by atoms with Crippen LogP contribution in [0.15, 0.2) is 0 Å². The quantitative estimate of drug-likeness (QED) is 0.573. The Morgan fingerprint density at radius 1 is 0.565 bits per heavy atom. The first-order valence-corrected chi connectivity index (χ1v) is 4.94. The van der Waals surface area contributed by atoms with Gasteiger partial charge in [-0.1, -0.05) is 0 Å². The predicted octanol–water partition coefficient (Wildman–Crippen LogP) is 4.79. The third-order valence-electron chi connectivity index (χ3n) is 3.13. The van der Waals surface area contributed by atoms with Crippen LogP contribution in [0.5, 0.6) is 0 Å². The van der Waals surface area contributed by atoms with Crippen LogP contribution >= 0.6 is 0 Å². The van der Waals surface area contributed by atoms with Crippen molar-refractivity contribution >= 4 is 0 Å². The predicted molar refractivity (Wildman–Crippen MR) is 39.5 cm³/mol. The molecule has 0 aromatic carbocycles. The van der Waals surface area contributed by atoms with Crippen LogP contribution in [-0.4, -0.2) is 47.6 Å². The first-order chi connectivity index (χ1) is 9.65. The van der Waals surface area contributed by atoms with Gasteiger partial charge in [-0.05, 0) is 0 Å². The molecule has 138 valence electrons. The van der Waals surface area contributed by atoms with Gasteiger partial charge < -0.3 is 0 Å². The summed E-state index contributed by atoms with van der Waals surface area (Å²) in [5.41, 5.74) is -8.02. The van der Waals surface area contributed by atoms with Crippen LogP contribution in [0.1, 0.15) is 0 Å². The van der Waals surface area contributed by atoms with Crippen LogP contribution in [0.25, 0.3) is 0 Å². The largest absolute Gasteiger partial charge is 0.457 e. The molecule has 0 aromatic rings. The summed E-state index contributed by atoms with van der Waals surface area (Å²) in [7, 11) is 0. The van der Waals surface area contributed by atoms with E-state index in [-0.39, 0.29) is 0 Å². The van der Waals surface area contributed by atoms with Crippen molar-refractivity contribution < 1.29 is 65.9 Å². The molecule has 23 heavy (non-hydrogen) atoms. The van der Waals surface area contributed by atoms with E-state index < -0.39 is 47.6 Å². The van der Waals surface area contributed by atoms with Crippen molar-refractivity contribution in [3.63, 3.8) is 0 Å². The molecular formula is C8HF15. The van der Waals surface area contributed by atoms with Gasteiger partial charge in [-0.2, -0.15) is 57.1 Å². The molecule has 0 radical (unpaired) electrons. The van der Waals surface area contributed by atoms with E-state index in [1.807, 2.05) is 0 Å². The maximum absolute atomic E-state index is 13.5. The molecule has 1 saturated carbocycles. The number of alkyl halides is 15. The average Bonchev–Trinajstić information content (AvgIpc) is 2.32. The maximum Gasteiger partial charge on any atom is 0.457 e. The average molecular weight is 382 g/mol. The van der Waals surface area contributed by atoms with Crippen molar-refractivity contribution in [2.45, 2.75) is 47.6 Å². The summed E-state index contributed by atoms with van der Waals surface area (Å²) in [5, 5.41) is 0. The molecule has 0 spiro atoms. The van der Waals surface area contributed by atoms with Crippen molar-refractivity contribution in [2.24, 2.45) is 0 Å². The minimum absolute atomic E-state index is 6.09. The maximum atomic E-state index is 13.5. The highest BCUT2D eigenvalue weighted by Crippen LogP contribution is 2.70. The minimum atomic E-state index is -8.02. The van der Waals surface area contributed by atoms with Crippen molar-refractivity contribution in [3.8, 4) is 0 Å². The molecule has 15 heteroatoms. The van der Waals surface area contributed by atoms with Crippen LogP contribution in [0.4, 0.5) is 65.9 Å². The SMILES string of the molecule is FC1C(F)(F)C(F)(F)C(F)(F)C(F)(C(F)(F)C(F)(F)F)C1(F)F. The Balaban J connectivity index is 3.91. The van der Waals surface area contributed by atoms with Crippen LogP contribution in [0, 0.1) is 0 Å². The van der Waals surface area contributed by atoms with Gasteiger partial charge in [0.2, 0.25) is 6.17 Å². The molecule has 0 aromatic heterocycles. The van der Waals surface area contributed by atoms with Crippen molar-refractivity contribution in [1.29, 1.82) is 0 Å². The van der Waals surface area contributed by atoms with Gasteiger partial charge >= 0.3 is 41.5 Å². The molecule has 0 aliphatic heterocycles. The summed E-state index contributed by atoms with van der Waals surface area (Å²) in [4.78, 5) is 0. The zero-order valence-electron chi connectivity index (χ0n) is 9.75. The zero-order chi connectivity index (χ0) is 19.1. The highest BCUT2D eigenvalue weighted by atomic mass is 19.4. The zero-order valence-corrected chi connectivity index (χ0v) is 9.75. The van der Waals surface area contributed by atoms with E-state index in [0.717, 1.165) is 0 Å². The minimum Gasteiger partial charge on any atom is -0.234 e. The molecule has 0 N–H and O–H groups in total. The van der Waals surface area contributed by atoms with Gasteiger partial charge in [0.05, 0.1) is 0 Å². The summed E-state index contributed by atoms with van der Waals surface area (Å²) in [5.74, 6) is -38.3. The van der Waals surface area contributed by atoms with Crippen LogP contribution < -0.4 is 0 Å². The fourth-order valence-corrected chi connectivity index (χ4v) is 1.80. The van der Waals surface area contributed by atoms with Crippen LogP contribution in [-0.2, 0) is 0 Å². The first kappa shape index (κ1) is 20.0. The van der Waals surface area contributed by atoms with E-state index in [1.54, 1.807) is 0 Å². The highest BCUT2D eigenvalue weighted by molar-refractivity contribution is 5.28. The Labute approximate surface area is 115 Å². The lowest BCUT2D eigenvalue weighted by molar-refractivity contribution is -0.485. The Morgan fingerprint density at radius 2 is 0.913 bits per heavy atom. The topological polar surface area (TPSA) is 0 Å². The molecule has 0 bridgehead atoms. The molecule has 1 aliphatic carbocycles. The lowest BCUT2D eigenvalue weighted by Gasteiger charge is -2.52.